The Labute approximate surface area is 138 Å². The average molecular weight is 305 g/mol. The fourth-order valence-corrected chi connectivity index (χ4v) is 2.74. The van der Waals surface area contributed by atoms with Crippen molar-refractivity contribution in [2.45, 2.75) is 33.6 Å². The molecule has 0 radical (unpaired) electrons. The Morgan fingerprint density at radius 1 is 1.00 bits per heavy atom. The summed E-state index contributed by atoms with van der Waals surface area (Å²) >= 11 is 0. The first-order chi connectivity index (χ1) is 11.1. The van der Waals surface area contributed by atoms with Crippen molar-refractivity contribution in [3.8, 4) is 22.6 Å². The topological polar surface area (TPSA) is 26.0 Å². The molecule has 0 aliphatic heterocycles. The molecule has 0 fully saturated rings. The van der Waals surface area contributed by atoms with E-state index in [-0.39, 0.29) is 0 Å². The maximum absolute atomic E-state index is 5.41. The molecule has 0 amide bonds. The molecule has 0 bridgehead atoms. The predicted octanol–water partition coefficient (Wildman–Crippen LogP) is 5.91. The van der Waals surface area contributed by atoms with E-state index in [0.717, 1.165) is 17.9 Å². The standard InChI is InChI=1S/C21H23NO/c1-15(2)4-6-17-7-10-18(11-8-17)20-14-19(9-5-16(20)3)21-22-12-13-23-21/h5,7-15H,4,6H2,1-3H3. The minimum absolute atomic E-state index is 0.666. The van der Waals surface area contributed by atoms with Crippen LogP contribution in [-0.2, 0) is 6.42 Å². The third-order valence-electron chi connectivity index (χ3n) is 4.19. The molecule has 2 nitrogen and oxygen atoms in total. The van der Waals surface area contributed by atoms with Crippen molar-refractivity contribution in [1.29, 1.82) is 0 Å². The van der Waals surface area contributed by atoms with Crippen molar-refractivity contribution in [1.82, 2.24) is 4.98 Å². The Kier molecular flexibility index (Phi) is 4.61. The molecule has 3 aromatic rings. The van der Waals surface area contributed by atoms with Crippen LogP contribution in [0.2, 0.25) is 0 Å². The van der Waals surface area contributed by atoms with Crippen LogP contribution in [0.4, 0.5) is 0 Å². The Morgan fingerprint density at radius 3 is 2.39 bits per heavy atom. The SMILES string of the molecule is Cc1ccc(-c2ncco2)cc1-c1ccc(CCC(C)C)cc1. The first-order valence-electron chi connectivity index (χ1n) is 8.23. The maximum Gasteiger partial charge on any atom is 0.225 e. The van der Waals surface area contributed by atoms with Crippen LogP contribution < -0.4 is 0 Å². The van der Waals surface area contributed by atoms with Gasteiger partial charge in [-0.3, -0.25) is 0 Å². The molecule has 0 unspecified atom stereocenters. The molecular formula is C21H23NO. The molecule has 0 aliphatic rings. The molecule has 0 aliphatic carbocycles. The van der Waals surface area contributed by atoms with E-state index in [9.17, 15) is 0 Å². The maximum atomic E-state index is 5.41. The van der Waals surface area contributed by atoms with Crippen LogP contribution in [0.1, 0.15) is 31.4 Å². The summed E-state index contributed by atoms with van der Waals surface area (Å²) in [6, 6.07) is 15.3. The fraction of sp³-hybridized carbons (Fsp3) is 0.286. The zero-order valence-corrected chi connectivity index (χ0v) is 14.0. The van der Waals surface area contributed by atoms with Gasteiger partial charge in [0.15, 0.2) is 0 Å². The summed E-state index contributed by atoms with van der Waals surface area (Å²) in [7, 11) is 0. The van der Waals surface area contributed by atoms with E-state index in [1.807, 2.05) is 0 Å². The average Bonchev–Trinajstić information content (AvgIpc) is 3.08. The summed E-state index contributed by atoms with van der Waals surface area (Å²) in [6.07, 6.45) is 5.67. The third kappa shape index (κ3) is 3.70. The predicted molar refractivity (Wildman–Crippen MR) is 95.3 cm³/mol. The smallest absolute Gasteiger partial charge is 0.225 e. The Hall–Kier alpha value is -2.35. The number of oxazole rings is 1. The largest absolute Gasteiger partial charge is 0.445 e. The Bertz CT molecular complexity index is 755. The lowest BCUT2D eigenvalue weighted by atomic mass is 9.96. The van der Waals surface area contributed by atoms with Gasteiger partial charge in [0.25, 0.3) is 0 Å². The minimum atomic E-state index is 0.666. The zero-order chi connectivity index (χ0) is 16.2. The van der Waals surface area contributed by atoms with Gasteiger partial charge in [0, 0.05) is 5.56 Å². The molecule has 0 atom stereocenters. The van der Waals surface area contributed by atoms with Crippen molar-refractivity contribution in [2.75, 3.05) is 0 Å². The normalized spacial score (nSPS) is 11.1. The van der Waals surface area contributed by atoms with Crippen molar-refractivity contribution >= 4 is 0 Å². The molecule has 118 valence electrons. The van der Waals surface area contributed by atoms with Gasteiger partial charge in [-0.25, -0.2) is 4.98 Å². The van der Waals surface area contributed by atoms with E-state index >= 15 is 0 Å². The van der Waals surface area contributed by atoms with Gasteiger partial charge in [-0.2, -0.15) is 0 Å². The molecule has 2 aromatic carbocycles. The van der Waals surface area contributed by atoms with Crippen LogP contribution in [0.3, 0.4) is 0 Å². The van der Waals surface area contributed by atoms with Crippen LogP contribution >= 0.6 is 0 Å². The molecule has 1 aromatic heterocycles. The highest BCUT2D eigenvalue weighted by Gasteiger charge is 2.08. The number of benzene rings is 2. The highest BCUT2D eigenvalue weighted by Crippen LogP contribution is 2.29. The lowest BCUT2D eigenvalue weighted by Gasteiger charge is -2.10. The van der Waals surface area contributed by atoms with Crippen LogP contribution in [0.5, 0.6) is 0 Å². The fourth-order valence-electron chi connectivity index (χ4n) is 2.74. The highest BCUT2D eigenvalue weighted by molar-refractivity contribution is 5.73. The third-order valence-corrected chi connectivity index (χ3v) is 4.19. The molecule has 23 heavy (non-hydrogen) atoms. The highest BCUT2D eigenvalue weighted by atomic mass is 16.3. The lowest BCUT2D eigenvalue weighted by Crippen LogP contribution is -1.92. The van der Waals surface area contributed by atoms with Gasteiger partial charge in [-0.1, -0.05) is 44.2 Å². The molecular weight excluding hydrogens is 282 g/mol. The van der Waals surface area contributed by atoms with Gasteiger partial charge in [-0.05, 0) is 60.1 Å². The first-order valence-corrected chi connectivity index (χ1v) is 8.23. The van der Waals surface area contributed by atoms with E-state index in [1.165, 1.54) is 28.7 Å². The molecule has 0 saturated heterocycles. The summed E-state index contributed by atoms with van der Waals surface area (Å²) in [4.78, 5) is 4.24. The second-order valence-corrected chi connectivity index (χ2v) is 6.50. The molecule has 0 N–H and O–H groups in total. The summed E-state index contributed by atoms with van der Waals surface area (Å²) < 4.78 is 5.41. The second-order valence-electron chi connectivity index (χ2n) is 6.50. The van der Waals surface area contributed by atoms with Crippen molar-refractivity contribution in [3.05, 3.63) is 66.1 Å². The number of aryl methyl sites for hydroxylation is 2. The number of aromatic nitrogens is 1. The van der Waals surface area contributed by atoms with Gasteiger partial charge in [0.1, 0.15) is 6.26 Å². The molecule has 3 rings (SSSR count). The van der Waals surface area contributed by atoms with Crippen LogP contribution in [0.25, 0.3) is 22.6 Å². The van der Waals surface area contributed by atoms with Gasteiger partial charge >= 0.3 is 0 Å². The molecule has 2 heteroatoms. The van der Waals surface area contributed by atoms with Crippen molar-refractivity contribution in [2.24, 2.45) is 5.92 Å². The van der Waals surface area contributed by atoms with Gasteiger partial charge in [-0.15, -0.1) is 0 Å². The number of hydrogen-bond acceptors (Lipinski definition) is 2. The van der Waals surface area contributed by atoms with E-state index in [2.05, 4.69) is 68.2 Å². The van der Waals surface area contributed by atoms with Crippen LogP contribution in [0, 0.1) is 12.8 Å². The minimum Gasteiger partial charge on any atom is -0.445 e. The molecule has 0 saturated carbocycles. The summed E-state index contributed by atoms with van der Waals surface area (Å²) in [5.74, 6) is 1.41. The molecule has 1 heterocycles. The number of rotatable bonds is 5. The Balaban J connectivity index is 1.87. The van der Waals surface area contributed by atoms with Gasteiger partial charge in [0.05, 0.1) is 6.20 Å². The second kappa shape index (κ2) is 6.82. The van der Waals surface area contributed by atoms with E-state index in [4.69, 9.17) is 4.42 Å². The van der Waals surface area contributed by atoms with Crippen LogP contribution in [-0.4, -0.2) is 4.98 Å². The van der Waals surface area contributed by atoms with E-state index in [1.54, 1.807) is 12.5 Å². The number of nitrogens with zero attached hydrogens (tertiary/aromatic N) is 1. The van der Waals surface area contributed by atoms with Crippen molar-refractivity contribution in [3.63, 3.8) is 0 Å². The number of hydrogen-bond donors (Lipinski definition) is 0. The van der Waals surface area contributed by atoms with Gasteiger partial charge < -0.3 is 4.42 Å². The monoisotopic (exact) mass is 305 g/mol. The molecule has 0 spiro atoms. The summed E-state index contributed by atoms with van der Waals surface area (Å²) in [6.45, 7) is 6.68. The van der Waals surface area contributed by atoms with E-state index in [0.29, 0.717) is 5.89 Å². The first kappa shape index (κ1) is 15.5. The van der Waals surface area contributed by atoms with E-state index < -0.39 is 0 Å². The van der Waals surface area contributed by atoms with Crippen molar-refractivity contribution < 1.29 is 4.42 Å². The van der Waals surface area contributed by atoms with Gasteiger partial charge in [0.2, 0.25) is 5.89 Å². The quantitative estimate of drug-likeness (QED) is 0.586. The Morgan fingerprint density at radius 2 is 1.74 bits per heavy atom. The lowest BCUT2D eigenvalue weighted by molar-refractivity contribution is 0.574. The summed E-state index contributed by atoms with van der Waals surface area (Å²) in [5.41, 5.74) is 6.15. The van der Waals surface area contributed by atoms with Crippen LogP contribution in [0.15, 0.2) is 59.3 Å². The summed E-state index contributed by atoms with van der Waals surface area (Å²) in [5, 5.41) is 0. The zero-order valence-electron chi connectivity index (χ0n) is 14.0.